The molecule has 0 radical (unpaired) electrons. The van der Waals surface area contributed by atoms with Crippen LogP contribution in [0.15, 0.2) is 18.2 Å². The third-order valence-corrected chi connectivity index (χ3v) is 4.90. The summed E-state index contributed by atoms with van der Waals surface area (Å²) in [6.07, 6.45) is 2.20. The van der Waals surface area contributed by atoms with Gasteiger partial charge in [0.25, 0.3) is 0 Å². The highest BCUT2D eigenvalue weighted by atomic mass is 16.3. The second-order valence-electron chi connectivity index (χ2n) is 7.05. The first kappa shape index (κ1) is 17.0. The van der Waals surface area contributed by atoms with Crippen molar-refractivity contribution < 1.29 is 5.11 Å². The number of aliphatic hydroxyl groups excluding tert-OH is 1. The van der Waals surface area contributed by atoms with E-state index in [2.05, 4.69) is 59.7 Å². The Bertz CT molecular complexity index is 449. The first-order valence-electron chi connectivity index (χ1n) is 7.66. The Kier molecular flexibility index (Phi) is 5.26. The van der Waals surface area contributed by atoms with Crippen LogP contribution in [0, 0.1) is 0 Å². The molecule has 2 nitrogen and oxygen atoms in total. The number of anilines is 1. The summed E-state index contributed by atoms with van der Waals surface area (Å²) in [4.78, 5) is 1.91. The molecule has 1 aromatic rings. The fourth-order valence-corrected chi connectivity index (χ4v) is 2.30. The molecule has 114 valence electrons. The van der Waals surface area contributed by atoms with Crippen molar-refractivity contribution in [2.45, 2.75) is 65.2 Å². The summed E-state index contributed by atoms with van der Waals surface area (Å²) in [5.41, 5.74) is 4.14. The van der Waals surface area contributed by atoms with E-state index in [0.717, 1.165) is 18.5 Å². The van der Waals surface area contributed by atoms with Crippen LogP contribution in [0.5, 0.6) is 0 Å². The summed E-state index contributed by atoms with van der Waals surface area (Å²) in [6, 6.07) is 6.71. The molecule has 20 heavy (non-hydrogen) atoms. The van der Waals surface area contributed by atoms with Gasteiger partial charge in [0, 0.05) is 12.7 Å². The molecular weight excluding hydrogens is 246 g/mol. The van der Waals surface area contributed by atoms with Crippen molar-refractivity contribution in [3.63, 3.8) is 0 Å². The van der Waals surface area contributed by atoms with E-state index in [1.165, 1.54) is 11.1 Å². The lowest BCUT2D eigenvalue weighted by Gasteiger charge is -2.33. The van der Waals surface area contributed by atoms with Crippen molar-refractivity contribution in [1.29, 1.82) is 0 Å². The van der Waals surface area contributed by atoms with Gasteiger partial charge in [0.2, 0.25) is 0 Å². The highest BCUT2D eigenvalue weighted by Gasteiger charge is 2.26. The third-order valence-electron chi connectivity index (χ3n) is 4.90. The monoisotopic (exact) mass is 277 g/mol. The summed E-state index contributed by atoms with van der Waals surface area (Å²) >= 11 is 0. The van der Waals surface area contributed by atoms with Crippen LogP contribution < -0.4 is 4.90 Å². The Hall–Kier alpha value is -1.02. The van der Waals surface area contributed by atoms with E-state index in [4.69, 9.17) is 0 Å². The van der Waals surface area contributed by atoms with Crippen molar-refractivity contribution in [1.82, 2.24) is 0 Å². The number of rotatable bonds is 6. The molecule has 1 N–H and O–H groups in total. The van der Waals surface area contributed by atoms with Gasteiger partial charge in [-0.3, -0.25) is 0 Å². The van der Waals surface area contributed by atoms with Crippen LogP contribution in [-0.2, 0) is 10.8 Å². The maximum Gasteiger partial charge on any atom is 0.115 e. The summed E-state index contributed by atoms with van der Waals surface area (Å²) in [5.74, 6) is 0. The second-order valence-corrected chi connectivity index (χ2v) is 7.05. The third kappa shape index (κ3) is 3.35. The number of benzene rings is 1. The van der Waals surface area contributed by atoms with Crippen LogP contribution in [-0.4, -0.2) is 18.9 Å². The SMILES string of the molecule is CCC(C)(C)c1ccc(N(C)CO)c(C(C)(C)CC)c1. The van der Waals surface area contributed by atoms with Crippen molar-refractivity contribution in [2.75, 3.05) is 18.7 Å². The molecule has 0 aliphatic rings. The van der Waals surface area contributed by atoms with Gasteiger partial charge in [-0.2, -0.15) is 0 Å². The lowest BCUT2D eigenvalue weighted by atomic mass is 9.76. The van der Waals surface area contributed by atoms with Gasteiger partial charge >= 0.3 is 0 Å². The van der Waals surface area contributed by atoms with Crippen molar-refractivity contribution in [3.05, 3.63) is 29.3 Å². The van der Waals surface area contributed by atoms with Gasteiger partial charge in [-0.1, -0.05) is 53.7 Å². The molecule has 2 heteroatoms. The molecule has 0 aromatic heterocycles. The van der Waals surface area contributed by atoms with Gasteiger partial charge in [0.05, 0.1) is 0 Å². The largest absolute Gasteiger partial charge is 0.376 e. The van der Waals surface area contributed by atoms with Crippen LogP contribution in [0.1, 0.15) is 65.5 Å². The molecule has 0 saturated carbocycles. The van der Waals surface area contributed by atoms with E-state index >= 15 is 0 Å². The van der Waals surface area contributed by atoms with Crippen LogP contribution in [0.2, 0.25) is 0 Å². The van der Waals surface area contributed by atoms with Crippen LogP contribution in [0.3, 0.4) is 0 Å². The minimum atomic E-state index is 0.0450. The molecule has 0 fully saturated rings. The van der Waals surface area contributed by atoms with Gasteiger partial charge in [0.1, 0.15) is 6.73 Å². The predicted octanol–water partition coefficient (Wildman–Crippen LogP) is 4.45. The second kappa shape index (κ2) is 6.17. The molecule has 0 unspecified atom stereocenters. The average Bonchev–Trinajstić information content (AvgIpc) is 2.45. The van der Waals surface area contributed by atoms with Crippen LogP contribution >= 0.6 is 0 Å². The molecule has 0 atom stereocenters. The minimum absolute atomic E-state index is 0.0450. The molecule has 0 amide bonds. The predicted molar refractivity (Wildman–Crippen MR) is 88.6 cm³/mol. The Morgan fingerprint density at radius 3 is 2.00 bits per heavy atom. The fourth-order valence-electron chi connectivity index (χ4n) is 2.30. The van der Waals surface area contributed by atoms with Gasteiger partial charge in [0.15, 0.2) is 0 Å². The summed E-state index contributed by atoms with van der Waals surface area (Å²) in [7, 11) is 1.94. The van der Waals surface area contributed by atoms with Crippen molar-refractivity contribution in [3.8, 4) is 0 Å². The Balaban J connectivity index is 3.44. The lowest BCUT2D eigenvalue weighted by molar-refractivity contribution is 0.298. The topological polar surface area (TPSA) is 23.5 Å². The zero-order chi connectivity index (χ0) is 15.6. The molecule has 0 aliphatic carbocycles. The number of hydrogen-bond donors (Lipinski definition) is 1. The first-order valence-corrected chi connectivity index (χ1v) is 7.66. The summed E-state index contributed by atoms with van der Waals surface area (Å²) < 4.78 is 0. The number of hydrogen-bond acceptors (Lipinski definition) is 2. The molecule has 0 heterocycles. The number of aliphatic hydroxyl groups is 1. The van der Waals surface area contributed by atoms with E-state index in [-0.39, 0.29) is 17.6 Å². The first-order chi connectivity index (χ1) is 9.19. The van der Waals surface area contributed by atoms with Crippen LogP contribution in [0.25, 0.3) is 0 Å². The smallest absolute Gasteiger partial charge is 0.115 e. The standard InChI is InChI=1S/C18H31NO/c1-8-17(3,4)14-10-11-16(19(7)13-20)15(12-14)18(5,6)9-2/h10-12,20H,8-9,13H2,1-7H3. The Labute approximate surface area is 124 Å². The average molecular weight is 277 g/mol. The minimum Gasteiger partial charge on any atom is -0.376 e. The summed E-state index contributed by atoms with van der Waals surface area (Å²) in [5, 5.41) is 9.45. The fraction of sp³-hybridized carbons (Fsp3) is 0.667. The van der Waals surface area contributed by atoms with E-state index in [0.29, 0.717) is 0 Å². The summed E-state index contributed by atoms with van der Waals surface area (Å²) in [6.45, 7) is 13.6. The molecule has 0 bridgehead atoms. The Morgan fingerprint density at radius 1 is 1.00 bits per heavy atom. The molecule has 0 spiro atoms. The van der Waals surface area contributed by atoms with Gasteiger partial charge in [-0.05, 0) is 40.9 Å². The van der Waals surface area contributed by atoms with Gasteiger partial charge in [-0.15, -0.1) is 0 Å². The molecule has 1 aromatic carbocycles. The van der Waals surface area contributed by atoms with Gasteiger partial charge < -0.3 is 10.0 Å². The van der Waals surface area contributed by atoms with Gasteiger partial charge in [-0.25, -0.2) is 0 Å². The van der Waals surface area contributed by atoms with E-state index in [9.17, 15) is 5.11 Å². The lowest BCUT2D eigenvalue weighted by Crippen LogP contribution is -2.26. The highest BCUT2D eigenvalue weighted by molar-refractivity contribution is 5.58. The van der Waals surface area contributed by atoms with Crippen molar-refractivity contribution >= 4 is 5.69 Å². The molecule has 0 aliphatic heterocycles. The van der Waals surface area contributed by atoms with Crippen molar-refractivity contribution in [2.24, 2.45) is 0 Å². The zero-order valence-electron chi connectivity index (χ0n) is 14.2. The van der Waals surface area contributed by atoms with E-state index in [1.54, 1.807) is 0 Å². The Morgan fingerprint density at radius 2 is 1.55 bits per heavy atom. The maximum atomic E-state index is 9.45. The van der Waals surface area contributed by atoms with E-state index < -0.39 is 0 Å². The molecule has 1 rings (SSSR count). The molecule has 0 saturated heterocycles. The quantitative estimate of drug-likeness (QED) is 0.777. The zero-order valence-corrected chi connectivity index (χ0v) is 14.2. The molecular formula is C18H31NO. The number of nitrogens with zero attached hydrogens (tertiary/aromatic N) is 1. The maximum absolute atomic E-state index is 9.45. The van der Waals surface area contributed by atoms with E-state index in [1.807, 2.05) is 11.9 Å². The highest BCUT2D eigenvalue weighted by Crippen LogP contribution is 2.38. The normalized spacial score (nSPS) is 12.6. The van der Waals surface area contributed by atoms with Crippen LogP contribution in [0.4, 0.5) is 5.69 Å².